The molecule has 2 rings (SSSR count). The van der Waals surface area contributed by atoms with Gasteiger partial charge in [-0.15, -0.1) is 0 Å². The molecule has 0 heterocycles. The Labute approximate surface area is 158 Å². The summed E-state index contributed by atoms with van der Waals surface area (Å²) < 4.78 is 30.4. The van der Waals surface area contributed by atoms with E-state index >= 15 is 0 Å². The molecule has 0 aromatic heterocycles. The largest absolute Gasteiger partial charge is 0.456 e. The first-order chi connectivity index (χ1) is 12.2. The molecule has 0 aliphatic heterocycles. The van der Waals surface area contributed by atoms with E-state index in [4.69, 9.17) is 16.3 Å². The monoisotopic (exact) mass is 402 g/mol. The molecule has 1 N–H and O–H groups in total. The van der Waals surface area contributed by atoms with Crippen LogP contribution in [0.1, 0.15) is 32.1 Å². The topological polar surface area (TPSA) is 92.8 Å². The molecular formula is C17H23ClN2O5S. The minimum atomic E-state index is -3.65. The number of sulfonamides is 1. The van der Waals surface area contributed by atoms with E-state index in [1.54, 1.807) is 0 Å². The number of halogens is 1. The van der Waals surface area contributed by atoms with Crippen LogP contribution in [0.25, 0.3) is 0 Å². The zero-order valence-corrected chi connectivity index (χ0v) is 16.4. The zero-order chi connectivity index (χ0) is 19.3. The van der Waals surface area contributed by atoms with E-state index in [0.717, 1.165) is 30.0 Å². The molecule has 26 heavy (non-hydrogen) atoms. The van der Waals surface area contributed by atoms with Crippen LogP contribution in [0.4, 0.5) is 5.69 Å². The van der Waals surface area contributed by atoms with Crippen LogP contribution in [0.2, 0.25) is 5.02 Å². The molecular weight excluding hydrogens is 380 g/mol. The van der Waals surface area contributed by atoms with E-state index in [1.807, 2.05) is 0 Å². The molecule has 1 aliphatic carbocycles. The highest BCUT2D eigenvalue weighted by Gasteiger charge is 2.21. The highest BCUT2D eigenvalue weighted by Crippen LogP contribution is 2.28. The average molecular weight is 403 g/mol. The lowest BCUT2D eigenvalue weighted by atomic mass is 10.1. The molecule has 1 fully saturated rings. The van der Waals surface area contributed by atoms with Crippen molar-refractivity contribution in [2.24, 2.45) is 5.92 Å². The number of anilines is 1. The zero-order valence-electron chi connectivity index (χ0n) is 14.8. The number of carbonyl (C=O) groups excluding carboxylic acids is 2. The molecule has 1 amide bonds. The summed E-state index contributed by atoms with van der Waals surface area (Å²) in [6.07, 6.45) is 4.62. The quantitative estimate of drug-likeness (QED) is 0.707. The number of esters is 1. The van der Waals surface area contributed by atoms with Crippen LogP contribution < -0.4 is 5.32 Å². The summed E-state index contributed by atoms with van der Waals surface area (Å²) in [6, 6.07) is 4.02. The Morgan fingerprint density at radius 3 is 2.54 bits per heavy atom. The normalized spacial score (nSPS) is 15.2. The van der Waals surface area contributed by atoms with Crippen molar-refractivity contribution in [1.29, 1.82) is 0 Å². The first kappa shape index (κ1) is 20.7. The van der Waals surface area contributed by atoms with Crippen LogP contribution in [0.5, 0.6) is 0 Å². The van der Waals surface area contributed by atoms with Crippen molar-refractivity contribution in [3.63, 3.8) is 0 Å². The highest BCUT2D eigenvalue weighted by molar-refractivity contribution is 7.89. The fourth-order valence-electron chi connectivity index (χ4n) is 2.81. The summed E-state index contributed by atoms with van der Waals surface area (Å²) in [4.78, 5) is 23.8. The van der Waals surface area contributed by atoms with Crippen LogP contribution in [0.15, 0.2) is 23.1 Å². The van der Waals surface area contributed by atoms with Gasteiger partial charge in [0.25, 0.3) is 5.91 Å². The molecule has 0 atom stereocenters. The molecule has 144 valence electrons. The first-order valence-corrected chi connectivity index (χ1v) is 10.2. The van der Waals surface area contributed by atoms with Crippen molar-refractivity contribution in [3.8, 4) is 0 Å². The van der Waals surface area contributed by atoms with E-state index in [2.05, 4.69) is 5.32 Å². The van der Waals surface area contributed by atoms with Crippen molar-refractivity contribution in [1.82, 2.24) is 4.31 Å². The predicted molar refractivity (Wildman–Crippen MR) is 98.5 cm³/mol. The van der Waals surface area contributed by atoms with Crippen molar-refractivity contribution in [2.75, 3.05) is 26.0 Å². The summed E-state index contributed by atoms with van der Waals surface area (Å²) in [5.74, 6) is -0.638. The first-order valence-electron chi connectivity index (χ1n) is 8.37. The number of nitrogens with zero attached hydrogens (tertiary/aromatic N) is 1. The SMILES string of the molecule is CN(C)S(=O)(=O)c1ccc(Cl)c(NC(=O)COC(=O)CC2CCCC2)c1. The minimum absolute atomic E-state index is 0.000396. The number of benzene rings is 1. The third-order valence-corrected chi connectivity index (χ3v) is 6.43. The van der Waals surface area contributed by atoms with E-state index in [1.165, 1.54) is 32.3 Å². The lowest BCUT2D eigenvalue weighted by Gasteiger charge is -2.14. The van der Waals surface area contributed by atoms with Gasteiger partial charge in [-0.1, -0.05) is 24.4 Å². The molecule has 1 aliphatic rings. The molecule has 0 spiro atoms. The third-order valence-electron chi connectivity index (χ3n) is 4.28. The van der Waals surface area contributed by atoms with Gasteiger partial charge >= 0.3 is 5.97 Å². The molecule has 0 unspecified atom stereocenters. The maximum absolute atomic E-state index is 12.2. The maximum atomic E-state index is 12.2. The van der Waals surface area contributed by atoms with Crippen LogP contribution >= 0.6 is 11.6 Å². The summed E-state index contributed by atoms with van der Waals surface area (Å²) in [5, 5.41) is 2.67. The van der Waals surface area contributed by atoms with Crippen molar-refractivity contribution in [3.05, 3.63) is 23.2 Å². The minimum Gasteiger partial charge on any atom is -0.456 e. The summed E-state index contributed by atoms with van der Waals surface area (Å²) in [6.45, 7) is -0.438. The Bertz CT molecular complexity index is 773. The number of ether oxygens (including phenoxy) is 1. The number of rotatable bonds is 7. The van der Waals surface area contributed by atoms with Crippen molar-refractivity contribution >= 4 is 39.2 Å². The number of amides is 1. The molecule has 0 saturated heterocycles. The van der Waals surface area contributed by atoms with Crippen molar-refractivity contribution < 1.29 is 22.7 Å². The summed E-state index contributed by atoms with van der Waals surface area (Å²) >= 11 is 6.02. The van der Waals surface area contributed by atoms with Crippen LogP contribution in [0, 0.1) is 5.92 Å². The van der Waals surface area contributed by atoms with Gasteiger partial charge in [0.05, 0.1) is 15.6 Å². The van der Waals surface area contributed by atoms with E-state index < -0.39 is 28.5 Å². The van der Waals surface area contributed by atoms with E-state index in [-0.39, 0.29) is 15.6 Å². The molecule has 1 saturated carbocycles. The van der Waals surface area contributed by atoms with Crippen molar-refractivity contribution in [2.45, 2.75) is 37.0 Å². The second-order valence-electron chi connectivity index (χ2n) is 6.49. The second kappa shape index (κ2) is 8.83. The van der Waals surface area contributed by atoms with Crippen LogP contribution in [-0.2, 0) is 24.3 Å². The fourth-order valence-corrected chi connectivity index (χ4v) is 3.91. The van der Waals surface area contributed by atoms with Gasteiger partial charge in [0.2, 0.25) is 10.0 Å². The average Bonchev–Trinajstić information content (AvgIpc) is 3.07. The molecule has 0 radical (unpaired) electrons. The standard InChI is InChI=1S/C17H23ClN2O5S/c1-20(2)26(23,24)13-7-8-14(18)15(10-13)19-16(21)11-25-17(22)9-12-5-3-4-6-12/h7-8,10,12H,3-6,9,11H2,1-2H3,(H,19,21). The maximum Gasteiger partial charge on any atom is 0.306 e. The number of hydrogen-bond donors (Lipinski definition) is 1. The van der Waals surface area contributed by atoms with Gasteiger partial charge in [-0.2, -0.15) is 0 Å². The van der Waals surface area contributed by atoms with Gasteiger partial charge in [-0.3, -0.25) is 9.59 Å². The number of hydrogen-bond acceptors (Lipinski definition) is 5. The van der Waals surface area contributed by atoms with Crippen LogP contribution in [0.3, 0.4) is 0 Å². The van der Waals surface area contributed by atoms with Gasteiger partial charge in [0.1, 0.15) is 0 Å². The molecule has 9 heteroatoms. The lowest BCUT2D eigenvalue weighted by molar-refractivity contribution is -0.148. The fraction of sp³-hybridized carbons (Fsp3) is 0.529. The van der Waals surface area contributed by atoms with Gasteiger partial charge < -0.3 is 10.1 Å². The van der Waals surface area contributed by atoms with Gasteiger partial charge in [0.15, 0.2) is 6.61 Å². The van der Waals surface area contributed by atoms with Crippen LogP contribution in [-0.4, -0.2) is 45.3 Å². The smallest absolute Gasteiger partial charge is 0.306 e. The third kappa shape index (κ3) is 5.43. The lowest BCUT2D eigenvalue weighted by Crippen LogP contribution is -2.23. The predicted octanol–water partition coefficient (Wildman–Crippen LogP) is 2.65. The molecule has 1 aromatic carbocycles. The number of nitrogens with one attached hydrogen (secondary N) is 1. The second-order valence-corrected chi connectivity index (χ2v) is 9.05. The Morgan fingerprint density at radius 2 is 1.92 bits per heavy atom. The van der Waals surface area contributed by atoms with E-state index in [9.17, 15) is 18.0 Å². The van der Waals surface area contributed by atoms with Gasteiger partial charge in [0, 0.05) is 20.5 Å². The molecule has 1 aromatic rings. The van der Waals surface area contributed by atoms with E-state index in [0.29, 0.717) is 12.3 Å². The Hall–Kier alpha value is -1.64. The van der Waals surface area contributed by atoms with Gasteiger partial charge in [-0.25, -0.2) is 12.7 Å². The Balaban J connectivity index is 1.94. The summed E-state index contributed by atoms with van der Waals surface area (Å²) in [7, 11) is -0.836. The summed E-state index contributed by atoms with van der Waals surface area (Å²) in [5.41, 5.74) is 0.145. The number of carbonyl (C=O) groups is 2. The van der Waals surface area contributed by atoms with Gasteiger partial charge in [-0.05, 0) is 37.0 Å². The Kier molecular flexibility index (Phi) is 7.02. The Morgan fingerprint density at radius 1 is 1.27 bits per heavy atom. The molecule has 0 bridgehead atoms. The molecule has 7 nitrogen and oxygen atoms in total. The highest BCUT2D eigenvalue weighted by atomic mass is 35.5.